The van der Waals surface area contributed by atoms with Gasteiger partial charge in [-0.2, -0.15) is 5.26 Å². The number of aryl methyl sites for hydroxylation is 1. The fourth-order valence-corrected chi connectivity index (χ4v) is 2.03. The van der Waals surface area contributed by atoms with Crippen molar-refractivity contribution >= 4 is 11.7 Å². The van der Waals surface area contributed by atoms with Crippen LogP contribution in [-0.4, -0.2) is 20.1 Å². The molecule has 0 bridgehead atoms. The number of nitrogens with zero attached hydrogens (tertiary/aromatic N) is 2. The van der Waals surface area contributed by atoms with E-state index in [1.165, 1.54) is 0 Å². The standard InChI is InChI=1S/C18H18N2O2/c1-20(2)16-10-7-14(8-11-16)9-12-18(21)22-17-6-4-3-5-15(17)13-19/h3-8,10-11H,9,12H2,1-2H3. The fourth-order valence-electron chi connectivity index (χ4n) is 2.03. The van der Waals surface area contributed by atoms with E-state index in [4.69, 9.17) is 10.00 Å². The average Bonchev–Trinajstić information content (AvgIpc) is 2.54. The van der Waals surface area contributed by atoms with Gasteiger partial charge in [-0.1, -0.05) is 24.3 Å². The summed E-state index contributed by atoms with van der Waals surface area (Å²) < 4.78 is 5.25. The highest BCUT2D eigenvalue weighted by molar-refractivity contribution is 5.73. The van der Waals surface area contributed by atoms with Crippen LogP contribution in [0.2, 0.25) is 0 Å². The maximum absolute atomic E-state index is 11.9. The fraction of sp³-hybridized carbons (Fsp3) is 0.222. The number of para-hydroxylation sites is 1. The van der Waals surface area contributed by atoms with Crippen molar-refractivity contribution in [2.45, 2.75) is 12.8 Å². The highest BCUT2D eigenvalue weighted by Crippen LogP contribution is 2.18. The molecule has 0 aromatic heterocycles. The monoisotopic (exact) mass is 294 g/mol. The molecule has 4 heteroatoms. The molecule has 4 nitrogen and oxygen atoms in total. The Labute approximate surface area is 130 Å². The SMILES string of the molecule is CN(C)c1ccc(CCC(=O)Oc2ccccc2C#N)cc1. The van der Waals surface area contributed by atoms with Crippen LogP contribution in [0.25, 0.3) is 0 Å². The minimum absolute atomic E-state index is 0.279. The average molecular weight is 294 g/mol. The number of anilines is 1. The molecule has 0 radical (unpaired) electrons. The van der Waals surface area contributed by atoms with Crippen LogP contribution in [0.5, 0.6) is 5.75 Å². The van der Waals surface area contributed by atoms with Gasteiger partial charge in [0.15, 0.2) is 0 Å². The van der Waals surface area contributed by atoms with E-state index in [1.807, 2.05) is 49.3 Å². The number of nitriles is 1. The number of ether oxygens (including phenoxy) is 1. The van der Waals surface area contributed by atoms with Crippen LogP contribution in [0.15, 0.2) is 48.5 Å². The summed E-state index contributed by atoms with van der Waals surface area (Å²) in [4.78, 5) is 13.9. The Morgan fingerprint density at radius 3 is 2.45 bits per heavy atom. The maximum atomic E-state index is 11.9. The molecule has 0 aliphatic carbocycles. The number of esters is 1. The number of benzene rings is 2. The quantitative estimate of drug-likeness (QED) is 0.628. The predicted octanol–water partition coefficient (Wildman–Crippen LogP) is 3.16. The van der Waals surface area contributed by atoms with Gasteiger partial charge in [-0.05, 0) is 36.2 Å². The Morgan fingerprint density at radius 2 is 1.82 bits per heavy atom. The molecule has 0 atom stereocenters. The van der Waals surface area contributed by atoms with Crippen molar-refractivity contribution in [3.63, 3.8) is 0 Å². The van der Waals surface area contributed by atoms with Gasteiger partial charge in [0.2, 0.25) is 0 Å². The Hall–Kier alpha value is -2.80. The van der Waals surface area contributed by atoms with E-state index < -0.39 is 0 Å². The van der Waals surface area contributed by atoms with Crippen LogP contribution in [0, 0.1) is 11.3 Å². The third-order valence-corrected chi connectivity index (χ3v) is 3.30. The van der Waals surface area contributed by atoms with E-state index in [0.29, 0.717) is 17.7 Å². The number of hydrogen-bond donors (Lipinski definition) is 0. The lowest BCUT2D eigenvalue weighted by Gasteiger charge is -2.12. The van der Waals surface area contributed by atoms with E-state index >= 15 is 0 Å². The van der Waals surface area contributed by atoms with Crippen LogP contribution < -0.4 is 9.64 Å². The summed E-state index contributed by atoms with van der Waals surface area (Å²) in [6.07, 6.45) is 0.891. The third-order valence-electron chi connectivity index (χ3n) is 3.30. The molecule has 0 aliphatic rings. The minimum Gasteiger partial charge on any atom is -0.425 e. The number of carbonyl (C=O) groups excluding carboxylic acids is 1. The zero-order valence-electron chi connectivity index (χ0n) is 12.7. The smallest absolute Gasteiger partial charge is 0.311 e. The summed E-state index contributed by atoms with van der Waals surface area (Å²) in [5.74, 6) is -0.0164. The second kappa shape index (κ2) is 7.28. The van der Waals surface area contributed by atoms with Gasteiger partial charge in [-0.3, -0.25) is 4.79 Å². The van der Waals surface area contributed by atoms with E-state index in [1.54, 1.807) is 24.3 Å². The molecular formula is C18H18N2O2. The lowest BCUT2D eigenvalue weighted by Crippen LogP contribution is -2.10. The van der Waals surface area contributed by atoms with Crippen molar-refractivity contribution in [2.24, 2.45) is 0 Å². The second-order valence-electron chi connectivity index (χ2n) is 5.14. The van der Waals surface area contributed by atoms with Crippen LogP contribution in [0.3, 0.4) is 0 Å². The van der Waals surface area contributed by atoms with Gasteiger partial charge < -0.3 is 9.64 Å². The van der Waals surface area contributed by atoms with E-state index in [0.717, 1.165) is 11.3 Å². The van der Waals surface area contributed by atoms with Gasteiger partial charge in [0.25, 0.3) is 0 Å². The minimum atomic E-state index is -0.334. The highest BCUT2D eigenvalue weighted by Gasteiger charge is 2.09. The highest BCUT2D eigenvalue weighted by atomic mass is 16.5. The first-order valence-corrected chi connectivity index (χ1v) is 7.06. The Kier molecular flexibility index (Phi) is 5.16. The lowest BCUT2D eigenvalue weighted by atomic mass is 10.1. The molecule has 0 N–H and O–H groups in total. The molecule has 2 aromatic rings. The molecule has 0 saturated heterocycles. The molecule has 0 amide bonds. The molecule has 0 fully saturated rings. The van der Waals surface area contributed by atoms with Crippen LogP contribution in [0.4, 0.5) is 5.69 Å². The second-order valence-corrected chi connectivity index (χ2v) is 5.14. The summed E-state index contributed by atoms with van der Waals surface area (Å²) in [6.45, 7) is 0. The first-order chi connectivity index (χ1) is 10.6. The van der Waals surface area contributed by atoms with Crippen molar-refractivity contribution in [1.82, 2.24) is 0 Å². The number of rotatable bonds is 5. The summed E-state index contributed by atoms with van der Waals surface area (Å²) >= 11 is 0. The molecule has 2 rings (SSSR count). The molecule has 0 spiro atoms. The zero-order valence-corrected chi connectivity index (χ0v) is 12.7. The molecule has 22 heavy (non-hydrogen) atoms. The van der Waals surface area contributed by atoms with Crippen molar-refractivity contribution in [3.8, 4) is 11.8 Å². The molecule has 0 heterocycles. The van der Waals surface area contributed by atoms with Crippen molar-refractivity contribution < 1.29 is 9.53 Å². The van der Waals surface area contributed by atoms with Crippen molar-refractivity contribution in [1.29, 1.82) is 5.26 Å². The van der Waals surface area contributed by atoms with Crippen molar-refractivity contribution in [3.05, 3.63) is 59.7 Å². The summed E-state index contributed by atoms with van der Waals surface area (Å²) in [5, 5.41) is 8.96. The van der Waals surface area contributed by atoms with E-state index in [9.17, 15) is 4.79 Å². The van der Waals surface area contributed by atoms with Crippen molar-refractivity contribution in [2.75, 3.05) is 19.0 Å². The summed E-state index contributed by atoms with van der Waals surface area (Å²) in [5.41, 5.74) is 2.57. The maximum Gasteiger partial charge on any atom is 0.311 e. The largest absolute Gasteiger partial charge is 0.425 e. The molecule has 0 unspecified atom stereocenters. The molecule has 0 saturated carbocycles. The first kappa shape index (κ1) is 15.6. The topological polar surface area (TPSA) is 53.3 Å². The van der Waals surface area contributed by atoms with Crippen LogP contribution in [-0.2, 0) is 11.2 Å². The summed E-state index contributed by atoms with van der Waals surface area (Å²) in [7, 11) is 3.97. The van der Waals surface area contributed by atoms with Gasteiger partial charge >= 0.3 is 5.97 Å². The Morgan fingerprint density at radius 1 is 1.14 bits per heavy atom. The van der Waals surface area contributed by atoms with Gasteiger partial charge in [0.1, 0.15) is 11.8 Å². The lowest BCUT2D eigenvalue weighted by molar-refractivity contribution is -0.134. The molecule has 0 aliphatic heterocycles. The third kappa shape index (κ3) is 4.10. The molecular weight excluding hydrogens is 276 g/mol. The molecule has 2 aromatic carbocycles. The normalized spacial score (nSPS) is 9.86. The van der Waals surface area contributed by atoms with Crippen LogP contribution in [0.1, 0.15) is 17.5 Å². The van der Waals surface area contributed by atoms with E-state index in [2.05, 4.69) is 0 Å². The zero-order chi connectivity index (χ0) is 15.9. The Bertz CT molecular complexity index is 685. The summed E-state index contributed by atoms with van der Waals surface area (Å²) in [6, 6.07) is 16.8. The molecule has 112 valence electrons. The van der Waals surface area contributed by atoms with E-state index in [-0.39, 0.29) is 12.4 Å². The Balaban J connectivity index is 1.91. The van der Waals surface area contributed by atoms with Gasteiger partial charge in [0.05, 0.1) is 5.56 Å². The number of hydrogen-bond acceptors (Lipinski definition) is 4. The van der Waals surface area contributed by atoms with Gasteiger partial charge in [0, 0.05) is 26.2 Å². The van der Waals surface area contributed by atoms with Gasteiger partial charge in [-0.25, -0.2) is 0 Å². The van der Waals surface area contributed by atoms with Crippen LogP contribution >= 0.6 is 0 Å². The van der Waals surface area contributed by atoms with Gasteiger partial charge in [-0.15, -0.1) is 0 Å². The first-order valence-electron chi connectivity index (χ1n) is 7.06. The number of carbonyl (C=O) groups is 1. The predicted molar refractivity (Wildman–Crippen MR) is 85.9 cm³/mol.